The minimum absolute atomic E-state index is 0.0319. The molecule has 1 heterocycles. The molecule has 1 aliphatic rings. The topological polar surface area (TPSA) is 85.9 Å². The summed E-state index contributed by atoms with van der Waals surface area (Å²) in [6, 6.07) is 13.8. The van der Waals surface area contributed by atoms with Gasteiger partial charge in [-0.3, -0.25) is 9.59 Å². The lowest BCUT2D eigenvalue weighted by molar-refractivity contribution is -0.124. The monoisotopic (exact) mass is 548 g/mol. The van der Waals surface area contributed by atoms with Gasteiger partial charge < -0.3 is 24.7 Å². The number of aryl methyl sites for hydroxylation is 1. The fourth-order valence-corrected chi connectivity index (χ4v) is 4.42. The summed E-state index contributed by atoms with van der Waals surface area (Å²) in [4.78, 5) is 26.3. The first-order chi connectivity index (χ1) is 17.4. The van der Waals surface area contributed by atoms with Crippen LogP contribution >= 0.6 is 23.2 Å². The Bertz CT molecular complexity index is 1070. The summed E-state index contributed by atoms with van der Waals surface area (Å²) >= 11 is 12.2. The van der Waals surface area contributed by atoms with Crippen LogP contribution in [0.4, 0.5) is 0 Å². The first-order valence-electron chi connectivity index (χ1n) is 12.4. The number of methoxy groups -OCH3 is 1. The number of halogens is 2. The van der Waals surface area contributed by atoms with E-state index >= 15 is 0 Å². The van der Waals surface area contributed by atoms with Crippen molar-refractivity contribution in [3.8, 4) is 0 Å². The van der Waals surface area contributed by atoms with E-state index in [9.17, 15) is 9.59 Å². The van der Waals surface area contributed by atoms with Crippen molar-refractivity contribution in [3.63, 3.8) is 0 Å². The van der Waals surface area contributed by atoms with E-state index in [1.54, 1.807) is 6.07 Å². The number of ether oxygens (including phenoxy) is 1. The normalized spacial score (nSPS) is 17.8. The van der Waals surface area contributed by atoms with Gasteiger partial charge in [0.2, 0.25) is 5.91 Å². The molecule has 2 aromatic carbocycles. The van der Waals surface area contributed by atoms with E-state index in [0.29, 0.717) is 11.4 Å². The molecule has 1 fully saturated rings. The molecule has 2 amide bonds. The van der Waals surface area contributed by atoms with Crippen LogP contribution in [0.25, 0.3) is 0 Å². The van der Waals surface area contributed by atoms with Crippen LogP contribution in [0.3, 0.4) is 0 Å². The van der Waals surface area contributed by atoms with Gasteiger partial charge in [0.25, 0.3) is 5.91 Å². The van der Waals surface area contributed by atoms with E-state index < -0.39 is 42.1 Å². The summed E-state index contributed by atoms with van der Waals surface area (Å²) in [5, 5.41) is 6.35. The average molecular weight is 549 g/mol. The van der Waals surface area contributed by atoms with Gasteiger partial charge in [0, 0.05) is 12.1 Å². The maximum atomic E-state index is 13.4. The maximum Gasteiger partial charge on any atom is 0.481 e. The molecule has 0 radical (unpaired) electrons. The molecule has 0 aliphatic carbocycles. The van der Waals surface area contributed by atoms with Crippen molar-refractivity contribution >= 4 is 42.1 Å². The van der Waals surface area contributed by atoms with Crippen LogP contribution in [0.15, 0.2) is 48.5 Å². The van der Waals surface area contributed by atoms with Crippen LogP contribution < -0.4 is 10.6 Å². The van der Waals surface area contributed by atoms with Gasteiger partial charge in [-0.1, -0.05) is 53.5 Å². The average Bonchev–Trinajstić information content (AvgIpc) is 3.06. The molecular weight excluding hydrogens is 514 g/mol. The van der Waals surface area contributed by atoms with Gasteiger partial charge in [0.1, 0.15) is 6.04 Å². The predicted molar refractivity (Wildman–Crippen MR) is 147 cm³/mol. The van der Waals surface area contributed by atoms with Gasteiger partial charge in [0.05, 0.1) is 34.3 Å². The Labute approximate surface area is 229 Å². The van der Waals surface area contributed by atoms with Crippen LogP contribution in [0.1, 0.15) is 56.5 Å². The molecule has 1 aliphatic heterocycles. The summed E-state index contributed by atoms with van der Waals surface area (Å²) in [5.74, 6) is -1.38. The Balaban J connectivity index is 1.74. The smallest absolute Gasteiger partial charge is 0.402 e. The summed E-state index contributed by atoms with van der Waals surface area (Å²) < 4.78 is 17.8. The Morgan fingerprint density at radius 3 is 2.27 bits per heavy atom. The fraction of sp³-hybridized carbons (Fsp3) is 0.481. The number of carbonyl (C=O) groups excluding carboxylic acids is 2. The molecule has 1 unspecified atom stereocenters. The quantitative estimate of drug-likeness (QED) is 0.391. The van der Waals surface area contributed by atoms with Crippen LogP contribution in [0.5, 0.6) is 0 Å². The van der Waals surface area contributed by atoms with Crippen LogP contribution in [0, 0.1) is 0 Å². The molecule has 1 saturated heterocycles. The zero-order chi connectivity index (χ0) is 27.2. The molecule has 0 saturated carbocycles. The van der Waals surface area contributed by atoms with Gasteiger partial charge >= 0.3 is 7.12 Å². The van der Waals surface area contributed by atoms with E-state index in [0.717, 1.165) is 12.8 Å². The van der Waals surface area contributed by atoms with Crippen LogP contribution in [0.2, 0.25) is 10.0 Å². The molecule has 7 nitrogen and oxygen atoms in total. The number of hydrogen-bond donors (Lipinski definition) is 2. The van der Waals surface area contributed by atoms with Crippen molar-refractivity contribution < 1.29 is 23.6 Å². The number of hydrogen-bond acceptors (Lipinski definition) is 5. The van der Waals surface area contributed by atoms with Gasteiger partial charge in [-0.15, -0.1) is 0 Å². The minimum atomic E-state index is -0.966. The summed E-state index contributed by atoms with van der Waals surface area (Å²) in [6.07, 6.45) is 2.27. The second-order valence-electron chi connectivity index (χ2n) is 10.2. The molecule has 2 N–H and O–H groups in total. The highest BCUT2D eigenvalue weighted by Gasteiger charge is 2.54. The third-order valence-corrected chi connectivity index (χ3v) is 7.44. The largest absolute Gasteiger partial charge is 0.481 e. The molecule has 3 rings (SSSR count). The number of benzene rings is 2. The molecule has 200 valence electrons. The van der Waals surface area contributed by atoms with E-state index in [1.165, 1.54) is 24.8 Å². The maximum absolute atomic E-state index is 13.4. The van der Waals surface area contributed by atoms with E-state index in [4.69, 9.17) is 37.2 Å². The van der Waals surface area contributed by atoms with Gasteiger partial charge in [-0.05, 0) is 70.7 Å². The Hall–Kier alpha value is -2.10. The lowest BCUT2D eigenvalue weighted by Crippen LogP contribution is -2.56. The Kier molecular flexibility index (Phi) is 10.1. The molecule has 0 bridgehead atoms. The van der Waals surface area contributed by atoms with Gasteiger partial charge in [0.15, 0.2) is 0 Å². The van der Waals surface area contributed by atoms with Gasteiger partial charge in [-0.2, -0.15) is 0 Å². The summed E-state index contributed by atoms with van der Waals surface area (Å²) in [6.45, 7) is 7.85. The zero-order valence-electron chi connectivity index (χ0n) is 22.0. The fourth-order valence-electron chi connectivity index (χ4n) is 4.04. The summed E-state index contributed by atoms with van der Waals surface area (Å²) in [5.41, 5.74) is 0.283. The molecule has 10 heteroatoms. The molecule has 37 heavy (non-hydrogen) atoms. The van der Waals surface area contributed by atoms with Crippen molar-refractivity contribution in [3.05, 3.63) is 69.7 Å². The lowest BCUT2D eigenvalue weighted by atomic mass is 9.75. The van der Waals surface area contributed by atoms with Crippen molar-refractivity contribution in [2.45, 2.75) is 70.1 Å². The molecule has 2 atom stereocenters. The Morgan fingerprint density at radius 1 is 1.00 bits per heavy atom. The van der Waals surface area contributed by atoms with Crippen molar-refractivity contribution in [1.29, 1.82) is 0 Å². The van der Waals surface area contributed by atoms with E-state index in [1.807, 2.05) is 45.9 Å². The number of nitrogens with one attached hydrogen (secondary N) is 2. The van der Waals surface area contributed by atoms with Gasteiger partial charge in [-0.25, -0.2) is 0 Å². The highest BCUT2D eigenvalue weighted by atomic mass is 35.5. The minimum Gasteiger partial charge on any atom is -0.402 e. The first kappa shape index (κ1) is 29.5. The molecule has 0 aromatic heterocycles. The van der Waals surface area contributed by atoms with Crippen LogP contribution in [-0.4, -0.2) is 55.8 Å². The standard InChI is InChI=1S/C27H35BCl2N2O5/c1-26(2)27(3,4)37-28(36-26)23(13-9-12-18-10-7-6-8-11-18)32-25(34)22(17-35-5)31-24(33)20-16-19(29)14-15-21(20)30/h6-8,10-11,14-16,22-23H,9,12-13,17H2,1-5H3,(H,31,33)(H,32,34)/t22?,23-/m0/s1. The second-order valence-corrected chi connectivity index (χ2v) is 11.1. The second kappa shape index (κ2) is 12.6. The molecular formula is C27H35BCl2N2O5. The number of amides is 2. The highest BCUT2D eigenvalue weighted by Crippen LogP contribution is 2.38. The SMILES string of the molecule is COCC(NC(=O)c1cc(Cl)ccc1Cl)C(=O)N[C@@H](CCCc1ccccc1)B1OC(C)(C)C(C)(C)O1. The lowest BCUT2D eigenvalue weighted by Gasteiger charge is -2.32. The van der Waals surface area contributed by atoms with Crippen molar-refractivity contribution in [1.82, 2.24) is 10.6 Å². The third kappa shape index (κ3) is 7.71. The Morgan fingerprint density at radius 2 is 1.65 bits per heavy atom. The summed E-state index contributed by atoms with van der Waals surface area (Å²) in [7, 11) is 0.815. The predicted octanol–water partition coefficient (Wildman–Crippen LogP) is 4.88. The molecule has 0 spiro atoms. The zero-order valence-corrected chi connectivity index (χ0v) is 23.5. The number of carbonyl (C=O) groups is 2. The van der Waals surface area contributed by atoms with E-state index in [2.05, 4.69) is 22.8 Å². The van der Waals surface area contributed by atoms with Crippen molar-refractivity contribution in [2.75, 3.05) is 13.7 Å². The number of rotatable bonds is 11. The first-order valence-corrected chi connectivity index (χ1v) is 13.1. The van der Waals surface area contributed by atoms with E-state index in [-0.39, 0.29) is 17.2 Å². The highest BCUT2D eigenvalue weighted by molar-refractivity contribution is 6.48. The third-order valence-electron chi connectivity index (χ3n) is 6.88. The van der Waals surface area contributed by atoms with Crippen molar-refractivity contribution in [2.24, 2.45) is 0 Å². The van der Waals surface area contributed by atoms with Crippen LogP contribution in [-0.2, 0) is 25.3 Å². The molecule has 2 aromatic rings.